The SMILES string of the molecule is Cc1ccc(C(C)(C)C(=O)N(C)Cc2cc(C(=O)O)c(C)o2)cc1. The van der Waals surface area contributed by atoms with Gasteiger partial charge in [-0.15, -0.1) is 0 Å². The number of benzene rings is 1. The van der Waals surface area contributed by atoms with Gasteiger partial charge in [0.2, 0.25) is 5.91 Å². The molecule has 2 aromatic rings. The highest BCUT2D eigenvalue weighted by molar-refractivity contribution is 5.89. The minimum Gasteiger partial charge on any atom is -0.478 e. The van der Waals surface area contributed by atoms with E-state index in [4.69, 9.17) is 9.52 Å². The van der Waals surface area contributed by atoms with Crippen LogP contribution in [0.2, 0.25) is 0 Å². The molecule has 0 saturated heterocycles. The number of aryl methyl sites for hydroxylation is 2. The molecular formula is C19H23NO4. The van der Waals surface area contributed by atoms with Crippen LogP contribution in [0.1, 0.15) is 46.9 Å². The predicted octanol–water partition coefficient (Wildman–Crippen LogP) is 3.53. The average molecular weight is 329 g/mol. The van der Waals surface area contributed by atoms with Gasteiger partial charge < -0.3 is 14.4 Å². The fourth-order valence-corrected chi connectivity index (χ4v) is 2.71. The molecule has 0 radical (unpaired) electrons. The Hall–Kier alpha value is -2.56. The smallest absolute Gasteiger partial charge is 0.339 e. The zero-order valence-electron chi connectivity index (χ0n) is 14.7. The molecule has 0 aliphatic heterocycles. The second-order valence-corrected chi connectivity index (χ2v) is 6.64. The highest BCUT2D eigenvalue weighted by Gasteiger charge is 2.32. The Bertz CT molecular complexity index is 756. The number of likely N-dealkylation sites (N-methyl/N-ethyl adjacent to an activating group) is 1. The zero-order valence-corrected chi connectivity index (χ0v) is 14.7. The van der Waals surface area contributed by atoms with Crippen LogP contribution < -0.4 is 0 Å². The summed E-state index contributed by atoms with van der Waals surface area (Å²) in [4.78, 5) is 25.5. The number of carboxylic acid groups (broad SMARTS) is 1. The molecule has 0 aliphatic rings. The molecule has 0 unspecified atom stereocenters. The molecule has 1 N–H and O–H groups in total. The number of amides is 1. The molecule has 2 rings (SSSR count). The third-order valence-corrected chi connectivity index (χ3v) is 4.25. The monoisotopic (exact) mass is 329 g/mol. The third kappa shape index (κ3) is 3.50. The van der Waals surface area contributed by atoms with Crippen molar-refractivity contribution in [2.75, 3.05) is 7.05 Å². The van der Waals surface area contributed by atoms with Crippen LogP contribution in [0.5, 0.6) is 0 Å². The molecule has 1 amide bonds. The van der Waals surface area contributed by atoms with Gasteiger partial charge in [-0.1, -0.05) is 29.8 Å². The van der Waals surface area contributed by atoms with E-state index in [2.05, 4.69) is 0 Å². The number of aromatic carboxylic acids is 1. The average Bonchev–Trinajstić information content (AvgIpc) is 2.87. The molecular weight excluding hydrogens is 306 g/mol. The van der Waals surface area contributed by atoms with Gasteiger partial charge in [-0.25, -0.2) is 4.79 Å². The van der Waals surface area contributed by atoms with Crippen molar-refractivity contribution in [3.05, 3.63) is 58.5 Å². The van der Waals surface area contributed by atoms with Crippen LogP contribution in [-0.4, -0.2) is 28.9 Å². The summed E-state index contributed by atoms with van der Waals surface area (Å²) in [5.41, 5.74) is 1.53. The van der Waals surface area contributed by atoms with Crippen LogP contribution in [0.3, 0.4) is 0 Å². The van der Waals surface area contributed by atoms with E-state index < -0.39 is 11.4 Å². The lowest BCUT2D eigenvalue weighted by atomic mass is 9.83. The van der Waals surface area contributed by atoms with Gasteiger partial charge in [0.25, 0.3) is 0 Å². The Morgan fingerprint density at radius 3 is 2.25 bits per heavy atom. The maximum Gasteiger partial charge on any atom is 0.339 e. The summed E-state index contributed by atoms with van der Waals surface area (Å²) in [5.74, 6) is -0.287. The van der Waals surface area contributed by atoms with E-state index >= 15 is 0 Å². The van der Waals surface area contributed by atoms with Gasteiger partial charge >= 0.3 is 5.97 Å². The summed E-state index contributed by atoms with van der Waals surface area (Å²) in [5, 5.41) is 9.08. The predicted molar refractivity (Wildman–Crippen MR) is 91.1 cm³/mol. The minimum absolute atomic E-state index is 0.0581. The van der Waals surface area contributed by atoms with Gasteiger partial charge in [0.15, 0.2) is 0 Å². The van der Waals surface area contributed by atoms with Crippen molar-refractivity contribution in [1.29, 1.82) is 0 Å². The molecule has 0 bridgehead atoms. The number of carbonyl (C=O) groups is 2. The quantitative estimate of drug-likeness (QED) is 0.911. The van der Waals surface area contributed by atoms with Gasteiger partial charge in [0.05, 0.1) is 12.0 Å². The van der Waals surface area contributed by atoms with Gasteiger partial charge in [-0.3, -0.25) is 4.79 Å². The van der Waals surface area contributed by atoms with Crippen LogP contribution in [0.4, 0.5) is 0 Å². The van der Waals surface area contributed by atoms with Crippen molar-refractivity contribution >= 4 is 11.9 Å². The number of hydrogen-bond donors (Lipinski definition) is 1. The topological polar surface area (TPSA) is 70.8 Å². The largest absolute Gasteiger partial charge is 0.478 e. The Balaban J connectivity index is 2.18. The zero-order chi connectivity index (χ0) is 18.1. The number of rotatable bonds is 5. The first-order valence-corrected chi connectivity index (χ1v) is 7.78. The van der Waals surface area contributed by atoms with E-state index in [0.29, 0.717) is 11.5 Å². The molecule has 1 aromatic heterocycles. The van der Waals surface area contributed by atoms with Crippen molar-refractivity contribution in [3.63, 3.8) is 0 Å². The minimum atomic E-state index is -1.03. The van der Waals surface area contributed by atoms with Gasteiger partial charge in [-0.05, 0) is 39.3 Å². The Morgan fingerprint density at radius 1 is 1.17 bits per heavy atom. The Morgan fingerprint density at radius 2 is 1.75 bits per heavy atom. The molecule has 0 atom stereocenters. The van der Waals surface area contributed by atoms with Crippen LogP contribution in [-0.2, 0) is 16.8 Å². The number of furan rings is 1. The fourth-order valence-electron chi connectivity index (χ4n) is 2.71. The molecule has 1 aromatic carbocycles. The van der Waals surface area contributed by atoms with Crippen molar-refractivity contribution in [3.8, 4) is 0 Å². The van der Waals surface area contributed by atoms with Crippen LogP contribution >= 0.6 is 0 Å². The van der Waals surface area contributed by atoms with Crippen LogP contribution in [0.15, 0.2) is 34.7 Å². The highest BCUT2D eigenvalue weighted by Crippen LogP contribution is 2.27. The number of carboxylic acids is 1. The molecule has 5 heteroatoms. The Kier molecular flexibility index (Phi) is 4.83. The van der Waals surface area contributed by atoms with Crippen LogP contribution in [0, 0.1) is 13.8 Å². The lowest BCUT2D eigenvalue weighted by Crippen LogP contribution is -2.40. The van der Waals surface area contributed by atoms with Crippen molar-refractivity contribution in [1.82, 2.24) is 4.90 Å². The van der Waals surface area contributed by atoms with E-state index in [9.17, 15) is 9.59 Å². The Labute approximate surface area is 141 Å². The van der Waals surface area contributed by atoms with Gasteiger partial charge in [0, 0.05) is 7.05 Å². The van der Waals surface area contributed by atoms with E-state index in [-0.39, 0.29) is 18.0 Å². The second-order valence-electron chi connectivity index (χ2n) is 6.64. The fraction of sp³-hybridized carbons (Fsp3) is 0.368. The molecule has 0 aliphatic carbocycles. The summed E-state index contributed by atoms with van der Waals surface area (Å²) < 4.78 is 5.46. The van der Waals surface area contributed by atoms with Crippen molar-refractivity contribution in [2.24, 2.45) is 0 Å². The molecule has 0 saturated carbocycles. The van der Waals surface area contributed by atoms with E-state index in [1.807, 2.05) is 45.0 Å². The first-order valence-electron chi connectivity index (χ1n) is 7.78. The van der Waals surface area contributed by atoms with E-state index in [1.54, 1.807) is 18.9 Å². The summed E-state index contributed by atoms with van der Waals surface area (Å²) in [6.45, 7) is 7.59. The molecule has 0 spiro atoms. The standard InChI is InChI=1S/C19H23NO4/c1-12-6-8-14(9-7-12)19(3,4)18(23)20(5)11-15-10-16(17(21)22)13(2)24-15/h6-10H,11H2,1-5H3,(H,21,22). The van der Waals surface area contributed by atoms with Gasteiger partial charge in [0.1, 0.15) is 17.1 Å². The summed E-state index contributed by atoms with van der Waals surface area (Å²) in [7, 11) is 1.69. The molecule has 5 nitrogen and oxygen atoms in total. The lowest BCUT2D eigenvalue weighted by molar-refractivity contribution is -0.135. The highest BCUT2D eigenvalue weighted by atomic mass is 16.4. The maximum absolute atomic E-state index is 12.8. The van der Waals surface area contributed by atoms with Crippen molar-refractivity contribution in [2.45, 2.75) is 39.7 Å². The summed E-state index contributed by atoms with van der Waals surface area (Å²) >= 11 is 0. The molecule has 1 heterocycles. The molecule has 24 heavy (non-hydrogen) atoms. The van der Waals surface area contributed by atoms with Crippen LogP contribution in [0.25, 0.3) is 0 Å². The first kappa shape index (κ1) is 17.8. The number of carbonyl (C=O) groups excluding carboxylic acids is 1. The second kappa shape index (κ2) is 6.51. The number of hydrogen-bond acceptors (Lipinski definition) is 3. The lowest BCUT2D eigenvalue weighted by Gasteiger charge is -2.29. The van der Waals surface area contributed by atoms with E-state index in [1.165, 1.54) is 6.07 Å². The summed E-state index contributed by atoms with van der Waals surface area (Å²) in [6, 6.07) is 9.36. The molecule has 0 fully saturated rings. The van der Waals surface area contributed by atoms with Crippen molar-refractivity contribution < 1.29 is 19.1 Å². The third-order valence-electron chi connectivity index (χ3n) is 4.25. The van der Waals surface area contributed by atoms with Gasteiger partial charge in [-0.2, -0.15) is 0 Å². The summed E-state index contributed by atoms with van der Waals surface area (Å²) in [6.07, 6.45) is 0. The first-order chi connectivity index (χ1) is 11.1. The normalized spacial score (nSPS) is 11.4. The van der Waals surface area contributed by atoms with E-state index in [0.717, 1.165) is 11.1 Å². The molecule has 128 valence electrons. The number of nitrogens with zero attached hydrogens (tertiary/aromatic N) is 1. The maximum atomic E-state index is 12.8.